The van der Waals surface area contributed by atoms with E-state index in [1.165, 1.54) is 22.3 Å². The van der Waals surface area contributed by atoms with Gasteiger partial charge >= 0.3 is 0 Å². The van der Waals surface area contributed by atoms with E-state index in [1.54, 1.807) is 0 Å². The molecule has 1 fully saturated rings. The van der Waals surface area contributed by atoms with Crippen LogP contribution in [0.25, 0.3) is 0 Å². The Hall–Kier alpha value is -1.35. The minimum absolute atomic E-state index is 0.231. The third kappa shape index (κ3) is 4.14. The maximum atomic E-state index is 6.34. The lowest BCUT2D eigenvalue weighted by atomic mass is 9.88. The molecule has 2 N–H and O–H groups in total. The van der Waals surface area contributed by atoms with E-state index in [2.05, 4.69) is 49.1 Å². The highest BCUT2D eigenvalue weighted by Gasteiger charge is 2.26. The minimum atomic E-state index is 0.231. The Morgan fingerprint density at radius 1 is 1.09 bits per heavy atom. The van der Waals surface area contributed by atoms with Crippen LogP contribution in [0, 0.1) is 13.8 Å². The lowest BCUT2D eigenvalue weighted by molar-refractivity contribution is 0.181. The van der Waals surface area contributed by atoms with Gasteiger partial charge in [-0.15, -0.1) is 0 Å². The average molecular weight is 329 g/mol. The lowest BCUT2D eigenvalue weighted by Crippen LogP contribution is -2.45. The standard InChI is InChI=1S/C20H25ClN2/c1-14-3-4-15(2)17(9-14)11-23-12-18(10-20(22)13-23)16-5-7-19(21)8-6-16/h3-9,18,20H,10-13,22H2,1-2H3. The van der Waals surface area contributed by atoms with Crippen molar-refractivity contribution in [1.29, 1.82) is 0 Å². The molecule has 0 aliphatic carbocycles. The molecular weight excluding hydrogens is 304 g/mol. The topological polar surface area (TPSA) is 29.3 Å². The molecule has 0 aromatic heterocycles. The van der Waals surface area contributed by atoms with Gasteiger partial charge in [-0.1, -0.05) is 47.5 Å². The molecule has 0 radical (unpaired) electrons. The molecule has 1 aliphatic heterocycles. The predicted molar refractivity (Wildman–Crippen MR) is 98.0 cm³/mol. The molecule has 1 heterocycles. The van der Waals surface area contributed by atoms with E-state index in [0.29, 0.717) is 5.92 Å². The molecule has 122 valence electrons. The Labute approximate surface area is 144 Å². The van der Waals surface area contributed by atoms with Crippen LogP contribution in [0.15, 0.2) is 42.5 Å². The number of piperidine rings is 1. The second-order valence-corrected chi connectivity index (χ2v) is 7.30. The van der Waals surface area contributed by atoms with Gasteiger partial charge in [0.2, 0.25) is 0 Å². The van der Waals surface area contributed by atoms with Crippen molar-refractivity contribution < 1.29 is 0 Å². The molecule has 1 saturated heterocycles. The highest BCUT2D eigenvalue weighted by Crippen LogP contribution is 2.28. The zero-order chi connectivity index (χ0) is 16.4. The van der Waals surface area contributed by atoms with E-state index in [4.69, 9.17) is 17.3 Å². The van der Waals surface area contributed by atoms with Crippen LogP contribution in [0.4, 0.5) is 0 Å². The monoisotopic (exact) mass is 328 g/mol. The number of hydrogen-bond acceptors (Lipinski definition) is 2. The Kier molecular flexibility index (Phi) is 5.05. The van der Waals surface area contributed by atoms with Gasteiger partial charge in [0, 0.05) is 30.7 Å². The fourth-order valence-electron chi connectivity index (χ4n) is 3.55. The van der Waals surface area contributed by atoms with Crippen LogP contribution in [-0.4, -0.2) is 24.0 Å². The van der Waals surface area contributed by atoms with Crippen molar-refractivity contribution in [1.82, 2.24) is 4.90 Å². The number of aryl methyl sites for hydroxylation is 2. The van der Waals surface area contributed by atoms with Crippen LogP contribution in [0.2, 0.25) is 5.02 Å². The van der Waals surface area contributed by atoms with Gasteiger partial charge in [0.25, 0.3) is 0 Å². The number of hydrogen-bond donors (Lipinski definition) is 1. The summed E-state index contributed by atoms with van der Waals surface area (Å²) in [7, 11) is 0. The fourth-order valence-corrected chi connectivity index (χ4v) is 3.68. The summed E-state index contributed by atoms with van der Waals surface area (Å²) in [6.45, 7) is 7.35. The van der Waals surface area contributed by atoms with Gasteiger partial charge in [0.1, 0.15) is 0 Å². The molecule has 0 spiro atoms. The smallest absolute Gasteiger partial charge is 0.0406 e. The van der Waals surface area contributed by atoms with Gasteiger partial charge in [-0.05, 0) is 55.0 Å². The van der Waals surface area contributed by atoms with E-state index < -0.39 is 0 Å². The highest BCUT2D eigenvalue weighted by molar-refractivity contribution is 6.30. The second kappa shape index (κ2) is 7.04. The number of rotatable bonds is 3. The fraction of sp³-hybridized carbons (Fsp3) is 0.400. The van der Waals surface area contributed by atoms with Crippen LogP contribution in [0.1, 0.15) is 34.6 Å². The largest absolute Gasteiger partial charge is 0.327 e. The van der Waals surface area contributed by atoms with Gasteiger partial charge in [-0.25, -0.2) is 0 Å². The summed E-state index contributed by atoms with van der Waals surface area (Å²) in [5, 5.41) is 0.793. The molecule has 2 nitrogen and oxygen atoms in total. The maximum absolute atomic E-state index is 6.34. The Morgan fingerprint density at radius 2 is 1.83 bits per heavy atom. The molecule has 0 saturated carbocycles. The van der Waals surface area contributed by atoms with E-state index in [0.717, 1.165) is 31.1 Å². The van der Waals surface area contributed by atoms with Crippen LogP contribution < -0.4 is 5.73 Å². The molecule has 1 aliphatic rings. The summed E-state index contributed by atoms with van der Waals surface area (Å²) in [5.74, 6) is 0.487. The Bertz CT molecular complexity index is 666. The van der Waals surface area contributed by atoms with Gasteiger partial charge in [0.15, 0.2) is 0 Å². The summed E-state index contributed by atoms with van der Waals surface area (Å²) in [6, 6.07) is 15.2. The third-order valence-electron chi connectivity index (χ3n) is 4.80. The third-order valence-corrected chi connectivity index (χ3v) is 5.05. The van der Waals surface area contributed by atoms with Gasteiger partial charge < -0.3 is 5.73 Å². The van der Waals surface area contributed by atoms with Crippen LogP contribution in [0.3, 0.4) is 0 Å². The maximum Gasteiger partial charge on any atom is 0.0406 e. The van der Waals surface area contributed by atoms with Gasteiger partial charge in [0.05, 0.1) is 0 Å². The van der Waals surface area contributed by atoms with Gasteiger partial charge in [-0.3, -0.25) is 4.90 Å². The molecule has 2 atom stereocenters. The van der Waals surface area contributed by atoms with Crippen molar-refractivity contribution in [3.63, 3.8) is 0 Å². The zero-order valence-electron chi connectivity index (χ0n) is 13.9. The number of likely N-dealkylation sites (tertiary alicyclic amines) is 1. The van der Waals surface area contributed by atoms with E-state index in [1.807, 2.05) is 12.1 Å². The van der Waals surface area contributed by atoms with Crippen molar-refractivity contribution in [3.05, 3.63) is 69.7 Å². The lowest BCUT2D eigenvalue weighted by Gasteiger charge is -2.37. The molecule has 3 heteroatoms. The number of halogens is 1. The first-order chi connectivity index (χ1) is 11.0. The summed E-state index contributed by atoms with van der Waals surface area (Å²) >= 11 is 6.01. The molecule has 23 heavy (non-hydrogen) atoms. The van der Waals surface area contributed by atoms with E-state index in [9.17, 15) is 0 Å². The highest BCUT2D eigenvalue weighted by atomic mass is 35.5. The normalized spacial score (nSPS) is 22.3. The van der Waals surface area contributed by atoms with Crippen molar-refractivity contribution in [2.75, 3.05) is 13.1 Å². The number of benzene rings is 2. The molecule has 3 rings (SSSR count). The van der Waals surface area contributed by atoms with Crippen molar-refractivity contribution in [3.8, 4) is 0 Å². The SMILES string of the molecule is Cc1ccc(C)c(CN2CC(N)CC(c3ccc(Cl)cc3)C2)c1. The van der Waals surface area contributed by atoms with Crippen molar-refractivity contribution in [2.45, 2.75) is 38.8 Å². The summed E-state index contributed by atoms with van der Waals surface area (Å²) in [4.78, 5) is 2.50. The second-order valence-electron chi connectivity index (χ2n) is 6.87. The van der Waals surface area contributed by atoms with Crippen LogP contribution in [0.5, 0.6) is 0 Å². The van der Waals surface area contributed by atoms with Crippen molar-refractivity contribution >= 4 is 11.6 Å². The number of nitrogens with zero attached hydrogens (tertiary/aromatic N) is 1. The molecule has 2 aromatic rings. The van der Waals surface area contributed by atoms with E-state index in [-0.39, 0.29) is 6.04 Å². The van der Waals surface area contributed by atoms with Crippen molar-refractivity contribution in [2.24, 2.45) is 5.73 Å². The number of nitrogens with two attached hydrogens (primary N) is 1. The summed E-state index contributed by atoms with van der Waals surface area (Å²) in [6.07, 6.45) is 1.05. The average Bonchev–Trinajstić information content (AvgIpc) is 2.51. The molecule has 2 aromatic carbocycles. The predicted octanol–water partition coefficient (Wildman–Crippen LogP) is 4.27. The molecular formula is C20H25ClN2. The Morgan fingerprint density at radius 3 is 2.57 bits per heavy atom. The van der Waals surface area contributed by atoms with Crippen LogP contribution in [-0.2, 0) is 6.54 Å². The molecule has 0 bridgehead atoms. The Balaban J connectivity index is 1.75. The first kappa shape index (κ1) is 16.5. The molecule has 0 amide bonds. The quantitative estimate of drug-likeness (QED) is 0.911. The van der Waals surface area contributed by atoms with Gasteiger partial charge in [-0.2, -0.15) is 0 Å². The van der Waals surface area contributed by atoms with E-state index >= 15 is 0 Å². The zero-order valence-corrected chi connectivity index (χ0v) is 14.7. The summed E-state index contributed by atoms with van der Waals surface area (Å²) in [5.41, 5.74) is 11.8. The summed E-state index contributed by atoms with van der Waals surface area (Å²) < 4.78 is 0. The first-order valence-corrected chi connectivity index (χ1v) is 8.68. The first-order valence-electron chi connectivity index (χ1n) is 8.31. The minimum Gasteiger partial charge on any atom is -0.327 e. The van der Waals surface area contributed by atoms with Crippen LogP contribution >= 0.6 is 11.6 Å². The molecule has 2 unspecified atom stereocenters.